The molecule has 0 bridgehead atoms. The average Bonchev–Trinajstić information content (AvgIpc) is 2.69. The number of nitrogens with zero attached hydrogens (tertiary/aromatic N) is 3. The number of nitrogens with two attached hydrogens (primary N) is 1. The molecule has 0 saturated carbocycles. The van der Waals surface area contributed by atoms with Gasteiger partial charge in [-0.1, -0.05) is 17.4 Å². The van der Waals surface area contributed by atoms with Gasteiger partial charge in [0, 0.05) is 5.56 Å². The maximum absolute atomic E-state index is 5.47. The molecular weight excluding hydrogens is 262 g/mol. The first kappa shape index (κ1) is 13.4. The molecule has 2 aromatic rings. The highest BCUT2D eigenvalue weighted by molar-refractivity contribution is 7.80. The third kappa shape index (κ3) is 2.87. The molecule has 2 rings (SSSR count). The quantitative estimate of drug-likeness (QED) is 0.825. The summed E-state index contributed by atoms with van der Waals surface area (Å²) in [4.78, 5) is 8.58. The van der Waals surface area contributed by atoms with Crippen LogP contribution < -0.4 is 11.1 Å². The van der Waals surface area contributed by atoms with Gasteiger partial charge in [0.05, 0.1) is 24.1 Å². The van der Waals surface area contributed by atoms with Gasteiger partial charge < -0.3 is 15.6 Å². The van der Waals surface area contributed by atoms with E-state index in [2.05, 4.69) is 20.4 Å². The van der Waals surface area contributed by atoms with Crippen molar-refractivity contribution in [3.63, 3.8) is 0 Å². The van der Waals surface area contributed by atoms with Crippen LogP contribution in [0.4, 0.5) is 5.82 Å². The standard InChI is InChI=1S/C12H15N5OS/c1-6(11-7(2)17-18-8(11)3)16-10-5-14-9(4-15-10)12(13)19/h4-6H,1-3H3,(H2,13,19)(H,15,16). The second-order valence-corrected chi connectivity index (χ2v) is 4.69. The minimum Gasteiger partial charge on any atom is -0.388 e. The van der Waals surface area contributed by atoms with Crippen molar-refractivity contribution in [3.05, 3.63) is 35.1 Å². The highest BCUT2D eigenvalue weighted by Gasteiger charge is 2.16. The van der Waals surface area contributed by atoms with Crippen molar-refractivity contribution in [3.8, 4) is 0 Å². The van der Waals surface area contributed by atoms with Crippen LogP contribution in [-0.4, -0.2) is 20.1 Å². The van der Waals surface area contributed by atoms with E-state index in [1.54, 1.807) is 12.4 Å². The zero-order valence-electron chi connectivity index (χ0n) is 11.0. The minimum absolute atomic E-state index is 0.0243. The van der Waals surface area contributed by atoms with E-state index in [4.69, 9.17) is 22.5 Å². The van der Waals surface area contributed by atoms with E-state index < -0.39 is 0 Å². The Hall–Kier alpha value is -2.02. The van der Waals surface area contributed by atoms with Crippen molar-refractivity contribution in [2.75, 3.05) is 5.32 Å². The van der Waals surface area contributed by atoms with Crippen LogP contribution >= 0.6 is 12.2 Å². The summed E-state index contributed by atoms with van der Waals surface area (Å²) in [7, 11) is 0. The van der Waals surface area contributed by atoms with Crippen LogP contribution in [0.25, 0.3) is 0 Å². The molecule has 19 heavy (non-hydrogen) atoms. The molecule has 0 aliphatic carbocycles. The highest BCUT2D eigenvalue weighted by Crippen LogP contribution is 2.23. The third-order valence-electron chi connectivity index (χ3n) is 2.79. The maximum Gasteiger partial charge on any atom is 0.144 e. The van der Waals surface area contributed by atoms with Gasteiger partial charge in [0.1, 0.15) is 22.3 Å². The third-order valence-corrected chi connectivity index (χ3v) is 3.00. The van der Waals surface area contributed by atoms with Gasteiger partial charge in [0.15, 0.2) is 0 Å². The molecule has 1 unspecified atom stereocenters. The number of aryl methyl sites for hydroxylation is 2. The monoisotopic (exact) mass is 277 g/mol. The second kappa shape index (κ2) is 5.31. The largest absolute Gasteiger partial charge is 0.388 e. The van der Waals surface area contributed by atoms with E-state index in [9.17, 15) is 0 Å². The molecule has 2 aromatic heterocycles. The molecule has 0 aliphatic rings. The van der Waals surface area contributed by atoms with Gasteiger partial charge in [0.25, 0.3) is 0 Å². The number of hydrogen-bond donors (Lipinski definition) is 2. The van der Waals surface area contributed by atoms with Crippen molar-refractivity contribution in [2.45, 2.75) is 26.8 Å². The summed E-state index contributed by atoms with van der Waals surface area (Å²) in [6, 6.07) is 0.0243. The summed E-state index contributed by atoms with van der Waals surface area (Å²) >= 11 is 4.83. The van der Waals surface area contributed by atoms with Crippen molar-refractivity contribution >= 4 is 23.0 Å². The Labute approximate surface area is 116 Å². The number of nitrogens with one attached hydrogen (secondary N) is 1. The van der Waals surface area contributed by atoms with Gasteiger partial charge >= 0.3 is 0 Å². The van der Waals surface area contributed by atoms with Gasteiger partial charge in [-0.3, -0.25) is 0 Å². The van der Waals surface area contributed by atoms with Crippen LogP contribution in [0.2, 0.25) is 0 Å². The normalized spacial score (nSPS) is 12.2. The van der Waals surface area contributed by atoms with Gasteiger partial charge in [-0.25, -0.2) is 9.97 Å². The Morgan fingerprint density at radius 3 is 2.58 bits per heavy atom. The van der Waals surface area contributed by atoms with E-state index in [-0.39, 0.29) is 11.0 Å². The van der Waals surface area contributed by atoms with Gasteiger partial charge in [-0.2, -0.15) is 0 Å². The Morgan fingerprint density at radius 1 is 1.37 bits per heavy atom. The lowest BCUT2D eigenvalue weighted by Crippen LogP contribution is -2.14. The molecular formula is C12H15N5OS. The van der Waals surface area contributed by atoms with E-state index in [0.717, 1.165) is 17.0 Å². The predicted molar refractivity (Wildman–Crippen MR) is 75.9 cm³/mol. The number of aromatic nitrogens is 3. The first-order chi connectivity index (χ1) is 8.99. The first-order valence-corrected chi connectivity index (χ1v) is 6.21. The Morgan fingerprint density at radius 2 is 2.11 bits per heavy atom. The molecule has 100 valence electrons. The SMILES string of the molecule is Cc1noc(C)c1C(C)Nc1cnc(C(N)=S)cn1. The van der Waals surface area contributed by atoms with Crippen LogP contribution in [0.5, 0.6) is 0 Å². The van der Waals surface area contributed by atoms with E-state index >= 15 is 0 Å². The number of hydrogen-bond acceptors (Lipinski definition) is 6. The summed E-state index contributed by atoms with van der Waals surface area (Å²) in [5.41, 5.74) is 7.87. The van der Waals surface area contributed by atoms with E-state index in [0.29, 0.717) is 11.5 Å². The highest BCUT2D eigenvalue weighted by atomic mass is 32.1. The lowest BCUT2D eigenvalue weighted by molar-refractivity contribution is 0.392. The van der Waals surface area contributed by atoms with Crippen LogP contribution in [0.1, 0.15) is 35.7 Å². The van der Waals surface area contributed by atoms with Gasteiger partial charge in [0.2, 0.25) is 0 Å². The van der Waals surface area contributed by atoms with Gasteiger partial charge in [-0.05, 0) is 20.8 Å². The lowest BCUT2D eigenvalue weighted by Gasteiger charge is -2.14. The zero-order valence-corrected chi connectivity index (χ0v) is 11.8. The molecule has 0 spiro atoms. The van der Waals surface area contributed by atoms with Crippen molar-refractivity contribution in [2.24, 2.45) is 5.73 Å². The van der Waals surface area contributed by atoms with E-state index in [1.807, 2.05) is 20.8 Å². The molecule has 7 heteroatoms. The summed E-state index contributed by atoms with van der Waals surface area (Å²) in [5.74, 6) is 1.44. The fourth-order valence-electron chi connectivity index (χ4n) is 1.93. The van der Waals surface area contributed by atoms with Crippen molar-refractivity contribution in [1.82, 2.24) is 15.1 Å². The van der Waals surface area contributed by atoms with Crippen LogP contribution in [0.3, 0.4) is 0 Å². The summed E-state index contributed by atoms with van der Waals surface area (Å²) in [5, 5.41) is 7.17. The molecule has 0 saturated heterocycles. The lowest BCUT2D eigenvalue weighted by atomic mass is 10.1. The molecule has 6 nitrogen and oxygen atoms in total. The summed E-state index contributed by atoms with van der Waals surface area (Å²) in [6.45, 7) is 5.80. The Balaban J connectivity index is 2.15. The molecule has 2 heterocycles. The smallest absolute Gasteiger partial charge is 0.144 e. The predicted octanol–water partition coefficient (Wildman–Crippen LogP) is 1.89. The molecule has 0 aromatic carbocycles. The first-order valence-electron chi connectivity index (χ1n) is 5.80. The minimum atomic E-state index is 0.0243. The molecule has 0 amide bonds. The fourth-order valence-corrected chi connectivity index (χ4v) is 2.04. The Bertz CT molecular complexity index is 573. The average molecular weight is 277 g/mol. The summed E-state index contributed by atoms with van der Waals surface area (Å²) < 4.78 is 5.15. The van der Waals surface area contributed by atoms with Crippen LogP contribution in [-0.2, 0) is 0 Å². The number of rotatable bonds is 4. The second-order valence-electron chi connectivity index (χ2n) is 4.26. The van der Waals surface area contributed by atoms with Crippen LogP contribution in [0.15, 0.2) is 16.9 Å². The molecule has 0 aliphatic heterocycles. The van der Waals surface area contributed by atoms with Crippen molar-refractivity contribution in [1.29, 1.82) is 0 Å². The molecule has 3 N–H and O–H groups in total. The molecule has 0 fully saturated rings. The zero-order chi connectivity index (χ0) is 14.0. The number of thiocarbonyl (C=S) groups is 1. The molecule has 1 atom stereocenters. The van der Waals surface area contributed by atoms with Crippen molar-refractivity contribution < 1.29 is 4.52 Å². The van der Waals surface area contributed by atoms with E-state index in [1.165, 1.54) is 0 Å². The van der Waals surface area contributed by atoms with Gasteiger partial charge in [-0.15, -0.1) is 0 Å². The van der Waals surface area contributed by atoms with Crippen LogP contribution in [0, 0.1) is 13.8 Å². The topological polar surface area (TPSA) is 89.9 Å². The Kier molecular flexibility index (Phi) is 3.75. The maximum atomic E-state index is 5.47. The summed E-state index contributed by atoms with van der Waals surface area (Å²) in [6.07, 6.45) is 3.15. The number of anilines is 1. The molecule has 0 radical (unpaired) electrons. The fraction of sp³-hybridized carbons (Fsp3) is 0.333.